The van der Waals surface area contributed by atoms with Crippen LogP contribution in [0.4, 0.5) is 8.78 Å². The number of benzene rings is 1. The molecule has 0 aliphatic carbocycles. The second-order valence-corrected chi connectivity index (χ2v) is 3.74. The van der Waals surface area contributed by atoms with Crippen LogP contribution in [-0.2, 0) is 0 Å². The number of hydrogen-bond acceptors (Lipinski definition) is 2. The first-order valence-corrected chi connectivity index (χ1v) is 4.88. The third-order valence-electron chi connectivity index (χ3n) is 1.84. The van der Waals surface area contributed by atoms with Gasteiger partial charge >= 0.3 is 0 Å². The molecule has 0 saturated heterocycles. The van der Waals surface area contributed by atoms with Crippen LogP contribution in [0.2, 0.25) is 0 Å². The standard InChI is InChI=1S/C9H10BrF2NO/c10-6-4-7(11)5(3-8(6)12)9(14)1-2-13/h3-4,9,14H,1-2,13H2. The summed E-state index contributed by atoms with van der Waals surface area (Å²) in [5.74, 6) is -1.24. The molecule has 1 unspecified atom stereocenters. The molecule has 0 amide bonds. The first kappa shape index (κ1) is 11.6. The zero-order chi connectivity index (χ0) is 10.7. The van der Waals surface area contributed by atoms with Gasteiger partial charge in [-0.1, -0.05) is 0 Å². The van der Waals surface area contributed by atoms with E-state index in [0.29, 0.717) is 0 Å². The third-order valence-corrected chi connectivity index (χ3v) is 2.45. The molecule has 0 aromatic heterocycles. The van der Waals surface area contributed by atoms with Gasteiger partial charge in [-0.15, -0.1) is 0 Å². The molecular formula is C9H10BrF2NO. The first-order chi connectivity index (χ1) is 6.56. The van der Waals surface area contributed by atoms with Crippen molar-refractivity contribution in [2.45, 2.75) is 12.5 Å². The van der Waals surface area contributed by atoms with Gasteiger partial charge in [0.25, 0.3) is 0 Å². The van der Waals surface area contributed by atoms with Crippen molar-refractivity contribution in [3.63, 3.8) is 0 Å². The first-order valence-electron chi connectivity index (χ1n) is 4.09. The minimum Gasteiger partial charge on any atom is -0.388 e. The number of aliphatic hydroxyl groups excluding tert-OH is 1. The maximum atomic E-state index is 13.2. The molecule has 0 bridgehead atoms. The van der Waals surface area contributed by atoms with E-state index in [1.54, 1.807) is 0 Å². The summed E-state index contributed by atoms with van der Waals surface area (Å²) in [6.07, 6.45) is -0.847. The molecule has 0 saturated carbocycles. The van der Waals surface area contributed by atoms with E-state index >= 15 is 0 Å². The van der Waals surface area contributed by atoms with Crippen LogP contribution in [0.25, 0.3) is 0 Å². The van der Waals surface area contributed by atoms with E-state index in [2.05, 4.69) is 15.9 Å². The highest BCUT2D eigenvalue weighted by Crippen LogP contribution is 2.25. The molecule has 0 heterocycles. The quantitative estimate of drug-likeness (QED) is 0.823. The lowest BCUT2D eigenvalue weighted by atomic mass is 10.1. The second kappa shape index (κ2) is 4.82. The van der Waals surface area contributed by atoms with Crippen molar-refractivity contribution in [3.8, 4) is 0 Å². The largest absolute Gasteiger partial charge is 0.388 e. The van der Waals surface area contributed by atoms with Crippen LogP contribution >= 0.6 is 15.9 Å². The number of nitrogens with two attached hydrogens (primary N) is 1. The van der Waals surface area contributed by atoms with Crippen molar-refractivity contribution < 1.29 is 13.9 Å². The molecule has 0 spiro atoms. The maximum absolute atomic E-state index is 13.2. The fourth-order valence-corrected chi connectivity index (χ4v) is 1.42. The van der Waals surface area contributed by atoms with Gasteiger partial charge < -0.3 is 10.8 Å². The summed E-state index contributed by atoms with van der Waals surface area (Å²) in [7, 11) is 0. The summed E-state index contributed by atoms with van der Waals surface area (Å²) >= 11 is 2.85. The molecule has 3 N–H and O–H groups in total. The van der Waals surface area contributed by atoms with Crippen molar-refractivity contribution in [2.24, 2.45) is 5.73 Å². The Morgan fingerprint density at radius 3 is 2.57 bits per heavy atom. The molecule has 0 aliphatic heterocycles. The Morgan fingerprint density at radius 1 is 1.36 bits per heavy atom. The van der Waals surface area contributed by atoms with Gasteiger partial charge in [-0.3, -0.25) is 0 Å². The number of aliphatic hydroxyl groups is 1. The lowest BCUT2D eigenvalue weighted by molar-refractivity contribution is 0.165. The number of halogens is 3. The lowest BCUT2D eigenvalue weighted by Gasteiger charge is -2.11. The van der Waals surface area contributed by atoms with Crippen molar-refractivity contribution >= 4 is 15.9 Å². The van der Waals surface area contributed by atoms with Gasteiger partial charge in [0, 0.05) is 5.56 Å². The Bertz CT molecular complexity index is 333. The van der Waals surface area contributed by atoms with Crippen molar-refractivity contribution in [1.82, 2.24) is 0 Å². The second-order valence-electron chi connectivity index (χ2n) is 2.88. The van der Waals surface area contributed by atoms with Gasteiger partial charge in [0.05, 0.1) is 10.6 Å². The molecular weight excluding hydrogens is 256 g/mol. The van der Waals surface area contributed by atoms with E-state index < -0.39 is 17.7 Å². The van der Waals surface area contributed by atoms with Crippen LogP contribution in [-0.4, -0.2) is 11.7 Å². The average molecular weight is 266 g/mol. The third kappa shape index (κ3) is 2.50. The van der Waals surface area contributed by atoms with Crippen LogP contribution < -0.4 is 5.73 Å². The zero-order valence-corrected chi connectivity index (χ0v) is 8.89. The highest BCUT2D eigenvalue weighted by atomic mass is 79.9. The van der Waals surface area contributed by atoms with Crippen molar-refractivity contribution in [1.29, 1.82) is 0 Å². The average Bonchev–Trinajstić information content (AvgIpc) is 2.11. The predicted molar refractivity (Wildman–Crippen MR) is 52.7 cm³/mol. The Balaban J connectivity index is 3.02. The van der Waals surface area contributed by atoms with Gasteiger partial charge in [0.1, 0.15) is 11.6 Å². The highest BCUT2D eigenvalue weighted by Gasteiger charge is 2.14. The molecule has 0 radical (unpaired) electrons. The molecule has 5 heteroatoms. The lowest BCUT2D eigenvalue weighted by Crippen LogP contribution is -2.08. The van der Waals surface area contributed by atoms with Crippen molar-refractivity contribution in [2.75, 3.05) is 6.54 Å². The van der Waals surface area contributed by atoms with E-state index in [9.17, 15) is 13.9 Å². The van der Waals surface area contributed by atoms with Crippen LogP contribution in [0, 0.1) is 11.6 Å². The zero-order valence-electron chi connectivity index (χ0n) is 7.30. The molecule has 78 valence electrons. The molecule has 1 aromatic carbocycles. The minimum absolute atomic E-state index is 0.0405. The summed E-state index contributed by atoms with van der Waals surface area (Å²) in [5, 5.41) is 9.41. The van der Waals surface area contributed by atoms with E-state index in [4.69, 9.17) is 5.73 Å². The fraction of sp³-hybridized carbons (Fsp3) is 0.333. The van der Waals surface area contributed by atoms with Gasteiger partial charge in [-0.05, 0) is 41.0 Å². The summed E-state index contributed by atoms with van der Waals surface area (Å²) < 4.78 is 26.3. The molecule has 0 aliphatic rings. The van der Waals surface area contributed by atoms with Gasteiger partial charge in [0.15, 0.2) is 0 Å². The van der Waals surface area contributed by atoms with E-state index in [1.165, 1.54) is 0 Å². The Labute approximate surface area is 88.9 Å². The fourth-order valence-electron chi connectivity index (χ4n) is 1.11. The SMILES string of the molecule is NCCC(O)c1cc(F)c(Br)cc1F. The van der Waals surface area contributed by atoms with E-state index in [-0.39, 0.29) is 23.0 Å². The Kier molecular flexibility index (Phi) is 3.97. The predicted octanol–water partition coefficient (Wildman–Crippen LogP) is 2.11. The monoisotopic (exact) mass is 265 g/mol. The minimum atomic E-state index is -1.05. The smallest absolute Gasteiger partial charge is 0.137 e. The molecule has 2 nitrogen and oxygen atoms in total. The van der Waals surface area contributed by atoms with Gasteiger partial charge in [-0.2, -0.15) is 0 Å². The molecule has 1 rings (SSSR count). The summed E-state index contributed by atoms with van der Waals surface area (Å²) in [4.78, 5) is 0. The van der Waals surface area contributed by atoms with Crippen molar-refractivity contribution in [3.05, 3.63) is 33.8 Å². The van der Waals surface area contributed by atoms with Gasteiger partial charge in [-0.25, -0.2) is 8.78 Å². The van der Waals surface area contributed by atoms with E-state index in [0.717, 1.165) is 12.1 Å². The van der Waals surface area contributed by atoms with Crippen LogP contribution in [0.5, 0.6) is 0 Å². The summed E-state index contributed by atoms with van der Waals surface area (Å²) in [6, 6.07) is 1.96. The number of rotatable bonds is 3. The molecule has 14 heavy (non-hydrogen) atoms. The maximum Gasteiger partial charge on any atom is 0.137 e. The highest BCUT2D eigenvalue weighted by molar-refractivity contribution is 9.10. The molecule has 1 aromatic rings. The Morgan fingerprint density at radius 2 is 2.00 bits per heavy atom. The summed E-state index contributed by atoms with van der Waals surface area (Å²) in [5.41, 5.74) is 5.14. The topological polar surface area (TPSA) is 46.2 Å². The molecule has 0 fully saturated rings. The summed E-state index contributed by atoms with van der Waals surface area (Å²) in [6.45, 7) is 0.221. The molecule has 1 atom stereocenters. The van der Waals surface area contributed by atoms with Crippen LogP contribution in [0.3, 0.4) is 0 Å². The van der Waals surface area contributed by atoms with Gasteiger partial charge in [0.2, 0.25) is 0 Å². The normalized spacial score (nSPS) is 12.9. The van der Waals surface area contributed by atoms with E-state index in [1.807, 2.05) is 0 Å². The van der Waals surface area contributed by atoms with Crippen LogP contribution in [0.15, 0.2) is 16.6 Å². The number of hydrogen-bond donors (Lipinski definition) is 2. The van der Waals surface area contributed by atoms with Crippen LogP contribution in [0.1, 0.15) is 18.1 Å². The Hall–Kier alpha value is -0.520.